The summed E-state index contributed by atoms with van der Waals surface area (Å²) in [4.78, 5) is 16.0. The van der Waals surface area contributed by atoms with Crippen LogP contribution in [0.1, 0.15) is 33.0 Å². The second-order valence-corrected chi connectivity index (χ2v) is 6.77. The van der Waals surface area contributed by atoms with Crippen LogP contribution in [0.5, 0.6) is 0 Å². The first kappa shape index (κ1) is 14.0. The number of carbonyl (C=O) groups is 1. The van der Waals surface area contributed by atoms with Gasteiger partial charge in [0.2, 0.25) is 0 Å². The van der Waals surface area contributed by atoms with Crippen molar-refractivity contribution in [3.05, 3.63) is 21.4 Å². The van der Waals surface area contributed by atoms with E-state index in [0.29, 0.717) is 0 Å². The number of aryl methyl sites for hydroxylation is 2. The molecule has 110 valence electrons. The van der Waals surface area contributed by atoms with Crippen molar-refractivity contribution in [3.8, 4) is 0 Å². The minimum absolute atomic E-state index is 0.112. The van der Waals surface area contributed by atoms with Crippen LogP contribution in [0.2, 0.25) is 0 Å². The molecule has 2 N–H and O–H groups in total. The molecule has 1 fully saturated rings. The highest BCUT2D eigenvalue weighted by atomic mass is 32.1. The van der Waals surface area contributed by atoms with Gasteiger partial charge in [-0.2, -0.15) is 0 Å². The third kappa shape index (κ3) is 3.40. The summed E-state index contributed by atoms with van der Waals surface area (Å²) >= 11 is 1.68. The fraction of sp³-hybridized carbons (Fsp3) is 0.667. The molecule has 1 aliphatic carbocycles. The summed E-state index contributed by atoms with van der Waals surface area (Å²) in [5, 5.41) is 3.05. The predicted molar refractivity (Wildman–Crippen MR) is 79.7 cm³/mol. The van der Waals surface area contributed by atoms with E-state index < -0.39 is 0 Å². The molecule has 1 aromatic rings. The lowest BCUT2D eigenvalue weighted by molar-refractivity contribution is -0.908. The zero-order chi connectivity index (χ0) is 13.8. The standard InChI is InChI=1S/C15H22N2O2S/c18-15(14-11-12-3-1-4-13(12)20-14)16-5-2-6-17-7-9-19-10-8-17/h11H,1-10H2,(H,16,18)/p+1. The highest BCUT2D eigenvalue weighted by Gasteiger charge is 2.18. The van der Waals surface area contributed by atoms with Crippen molar-refractivity contribution in [2.45, 2.75) is 25.7 Å². The van der Waals surface area contributed by atoms with Crippen LogP contribution in [0, 0.1) is 0 Å². The summed E-state index contributed by atoms with van der Waals surface area (Å²) in [5.41, 5.74) is 1.40. The van der Waals surface area contributed by atoms with Crippen LogP contribution in [0.3, 0.4) is 0 Å². The Bertz CT molecular complexity index is 445. The second kappa shape index (κ2) is 6.70. The molecule has 20 heavy (non-hydrogen) atoms. The number of nitrogens with one attached hydrogen (secondary N) is 2. The number of thiophene rings is 1. The number of amides is 1. The Hall–Kier alpha value is -0.910. The molecule has 1 amide bonds. The number of morpholine rings is 1. The highest BCUT2D eigenvalue weighted by Crippen LogP contribution is 2.30. The van der Waals surface area contributed by atoms with Gasteiger partial charge in [-0.3, -0.25) is 4.79 Å². The molecule has 5 heteroatoms. The van der Waals surface area contributed by atoms with Gasteiger partial charge in [-0.15, -0.1) is 11.3 Å². The molecule has 0 saturated carbocycles. The van der Waals surface area contributed by atoms with Crippen LogP contribution < -0.4 is 10.2 Å². The summed E-state index contributed by atoms with van der Waals surface area (Å²) in [5.74, 6) is 0.112. The minimum atomic E-state index is 0.112. The third-order valence-electron chi connectivity index (χ3n) is 4.16. The molecule has 0 unspecified atom stereocenters. The largest absolute Gasteiger partial charge is 0.370 e. The SMILES string of the molecule is O=C(NCCC[NH+]1CCOCC1)c1cc2c(s1)CCC2. The molecule has 1 saturated heterocycles. The number of quaternary nitrogens is 1. The molecular formula is C15H23N2O2S+. The number of rotatable bonds is 5. The Morgan fingerprint density at radius 2 is 2.20 bits per heavy atom. The van der Waals surface area contributed by atoms with Crippen LogP contribution >= 0.6 is 11.3 Å². The number of hydrogen-bond acceptors (Lipinski definition) is 3. The van der Waals surface area contributed by atoms with E-state index in [1.165, 1.54) is 16.9 Å². The normalized spacial score (nSPS) is 19.0. The Kier molecular flexibility index (Phi) is 4.70. The first-order valence-corrected chi connectivity index (χ1v) is 8.45. The molecule has 0 atom stereocenters. The maximum absolute atomic E-state index is 12.1. The van der Waals surface area contributed by atoms with Crippen molar-refractivity contribution in [1.29, 1.82) is 0 Å². The first-order chi connectivity index (χ1) is 9.83. The van der Waals surface area contributed by atoms with Crippen molar-refractivity contribution >= 4 is 17.2 Å². The maximum Gasteiger partial charge on any atom is 0.261 e. The molecule has 0 radical (unpaired) electrons. The zero-order valence-corrected chi connectivity index (χ0v) is 12.7. The average molecular weight is 295 g/mol. The molecule has 2 aliphatic rings. The highest BCUT2D eigenvalue weighted by molar-refractivity contribution is 7.14. The second-order valence-electron chi connectivity index (χ2n) is 5.63. The van der Waals surface area contributed by atoms with E-state index in [-0.39, 0.29) is 5.91 Å². The number of carbonyl (C=O) groups excluding carboxylic acids is 1. The third-order valence-corrected chi connectivity index (χ3v) is 5.40. The monoisotopic (exact) mass is 295 g/mol. The van der Waals surface area contributed by atoms with Gasteiger partial charge in [-0.05, 0) is 30.9 Å². The molecule has 1 aliphatic heterocycles. The first-order valence-electron chi connectivity index (χ1n) is 7.64. The maximum atomic E-state index is 12.1. The van der Waals surface area contributed by atoms with E-state index in [9.17, 15) is 4.79 Å². The average Bonchev–Trinajstić information content (AvgIpc) is 3.05. The van der Waals surface area contributed by atoms with Crippen molar-refractivity contribution in [3.63, 3.8) is 0 Å². The van der Waals surface area contributed by atoms with Crippen LogP contribution in [0.15, 0.2) is 6.07 Å². The molecule has 0 aromatic carbocycles. The summed E-state index contributed by atoms with van der Waals surface area (Å²) < 4.78 is 5.34. The Morgan fingerprint density at radius 3 is 3.00 bits per heavy atom. The smallest absolute Gasteiger partial charge is 0.261 e. The molecular weight excluding hydrogens is 272 g/mol. The Labute approximate surface area is 124 Å². The van der Waals surface area contributed by atoms with E-state index >= 15 is 0 Å². The molecule has 0 spiro atoms. The lowest BCUT2D eigenvalue weighted by atomic mass is 10.2. The molecule has 4 nitrogen and oxygen atoms in total. The van der Waals surface area contributed by atoms with Crippen molar-refractivity contribution in [1.82, 2.24) is 5.32 Å². The van der Waals surface area contributed by atoms with Crippen LogP contribution in [-0.4, -0.2) is 45.3 Å². The number of fused-ring (bicyclic) bond motifs is 1. The molecule has 1 aromatic heterocycles. The van der Waals surface area contributed by atoms with Crippen molar-refractivity contribution in [2.75, 3.05) is 39.4 Å². The predicted octanol–water partition coefficient (Wildman–Crippen LogP) is 0.272. The number of ether oxygens (including phenoxy) is 1. The van der Waals surface area contributed by atoms with Gasteiger partial charge < -0.3 is 15.0 Å². The number of hydrogen-bond donors (Lipinski definition) is 2. The van der Waals surface area contributed by atoms with Crippen molar-refractivity contribution in [2.24, 2.45) is 0 Å². The quantitative estimate of drug-likeness (QED) is 0.766. The summed E-state index contributed by atoms with van der Waals surface area (Å²) in [7, 11) is 0. The Balaban J connectivity index is 1.38. The summed E-state index contributed by atoms with van der Waals surface area (Å²) in [6.45, 7) is 5.87. The van der Waals surface area contributed by atoms with Gasteiger partial charge in [0.05, 0.1) is 24.6 Å². The lowest BCUT2D eigenvalue weighted by Crippen LogP contribution is -3.14. The molecule has 3 rings (SSSR count). The zero-order valence-electron chi connectivity index (χ0n) is 11.9. The van der Waals surface area contributed by atoms with E-state index in [0.717, 1.165) is 63.5 Å². The van der Waals surface area contributed by atoms with E-state index in [4.69, 9.17) is 4.74 Å². The topological polar surface area (TPSA) is 42.8 Å². The lowest BCUT2D eigenvalue weighted by Gasteiger charge is -2.23. The van der Waals surface area contributed by atoms with Gasteiger partial charge >= 0.3 is 0 Å². The summed E-state index contributed by atoms with van der Waals surface area (Å²) in [6.07, 6.45) is 4.62. The van der Waals surface area contributed by atoms with Crippen LogP contribution in [0.25, 0.3) is 0 Å². The van der Waals surface area contributed by atoms with Gasteiger partial charge in [0.15, 0.2) is 0 Å². The van der Waals surface area contributed by atoms with Gasteiger partial charge in [-0.25, -0.2) is 0 Å². The van der Waals surface area contributed by atoms with Gasteiger partial charge in [0, 0.05) is 17.8 Å². The molecule has 2 heterocycles. The fourth-order valence-electron chi connectivity index (χ4n) is 2.98. The Morgan fingerprint density at radius 1 is 1.35 bits per heavy atom. The minimum Gasteiger partial charge on any atom is -0.370 e. The van der Waals surface area contributed by atoms with Crippen molar-refractivity contribution < 1.29 is 14.4 Å². The van der Waals surface area contributed by atoms with Crippen LogP contribution in [-0.2, 0) is 17.6 Å². The van der Waals surface area contributed by atoms with Crippen LogP contribution in [0.4, 0.5) is 0 Å². The van der Waals surface area contributed by atoms with Gasteiger partial charge in [-0.1, -0.05) is 0 Å². The van der Waals surface area contributed by atoms with Gasteiger partial charge in [0.1, 0.15) is 13.1 Å². The van der Waals surface area contributed by atoms with E-state index in [1.54, 1.807) is 16.2 Å². The van der Waals surface area contributed by atoms with Gasteiger partial charge in [0.25, 0.3) is 5.91 Å². The van der Waals surface area contributed by atoms with E-state index in [1.807, 2.05) is 0 Å². The molecule has 0 bridgehead atoms. The van der Waals surface area contributed by atoms with E-state index in [2.05, 4.69) is 11.4 Å². The summed E-state index contributed by atoms with van der Waals surface area (Å²) in [6, 6.07) is 2.09. The fourth-order valence-corrected chi connectivity index (χ4v) is 4.15.